The van der Waals surface area contributed by atoms with Crippen molar-refractivity contribution in [3.63, 3.8) is 0 Å². The summed E-state index contributed by atoms with van der Waals surface area (Å²) in [7, 11) is 0. The largest absolute Gasteiger partial charge is 0.456 e. The Hall–Kier alpha value is -1.99. The Kier molecular flexibility index (Phi) is 4.82. The van der Waals surface area contributed by atoms with Crippen LogP contribution in [0.5, 0.6) is 0 Å². The number of esters is 1. The lowest BCUT2D eigenvalue weighted by Crippen LogP contribution is -2.43. The lowest BCUT2D eigenvalue weighted by molar-refractivity contribution is -0.136. The average molecular weight is 258 g/mol. The third kappa shape index (κ3) is 4.01. The predicted molar refractivity (Wildman–Crippen MR) is 75.0 cm³/mol. The van der Waals surface area contributed by atoms with Gasteiger partial charge in [0.05, 0.1) is 6.61 Å². The SMILES string of the molecule is CCOC(=O)C#Cc1ccc(N2CCNCC2)cc1. The lowest BCUT2D eigenvalue weighted by atomic mass is 10.2. The summed E-state index contributed by atoms with van der Waals surface area (Å²) in [4.78, 5) is 13.5. The molecule has 0 amide bonds. The number of benzene rings is 1. The van der Waals surface area contributed by atoms with E-state index in [1.54, 1.807) is 6.92 Å². The number of nitrogens with one attached hydrogen (secondary N) is 1. The van der Waals surface area contributed by atoms with Gasteiger partial charge in [-0.1, -0.05) is 5.92 Å². The van der Waals surface area contributed by atoms with Crippen molar-refractivity contribution in [1.29, 1.82) is 0 Å². The van der Waals surface area contributed by atoms with Gasteiger partial charge in [0.25, 0.3) is 0 Å². The zero-order valence-electron chi connectivity index (χ0n) is 11.1. The van der Waals surface area contributed by atoms with Crippen molar-refractivity contribution in [1.82, 2.24) is 5.32 Å². The quantitative estimate of drug-likeness (QED) is 0.635. The number of rotatable bonds is 2. The third-order valence-electron chi connectivity index (χ3n) is 2.93. The van der Waals surface area contributed by atoms with Gasteiger partial charge in [-0.3, -0.25) is 0 Å². The van der Waals surface area contributed by atoms with Crippen LogP contribution >= 0.6 is 0 Å². The number of ether oxygens (including phenoxy) is 1. The van der Waals surface area contributed by atoms with Gasteiger partial charge in [-0.2, -0.15) is 0 Å². The van der Waals surface area contributed by atoms with Gasteiger partial charge in [0, 0.05) is 43.4 Å². The number of carbonyl (C=O) groups is 1. The maximum atomic E-state index is 11.1. The Bertz CT molecular complexity index is 479. The molecular formula is C15H18N2O2. The van der Waals surface area contributed by atoms with Crippen LogP contribution in [0.25, 0.3) is 0 Å². The molecule has 0 spiro atoms. The zero-order valence-corrected chi connectivity index (χ0v) is 11.1. The minimum Gasteiger partial charge on any atom is -0.456 e. The summed E-state index contributed by atoms with van der Waals surface area (Å²) in [5, 5.41) is 3.33. The summed E-state index contributed by atoms with van der Waals surface area (Å²) in [5.41, 5.74) is 2.02. The third-order valence-corrected chi connectivity index (χ3v) is 2.93. The van der Waals surface area contributed by atoms with Gasteiger partial charge in [0.15, 0.2) is 0 Å². The van der Waals surface area contributed by atoms with Gasteiger partial charge in [-0.05, 0) is 31.2 Å². The van der Waals surface area contributed by atoms with E-state index in [1.165, 1.54) is 5.69 Å². The molecule has 1 heterocycles. The molecule has 0 saturated carbocycles. The summed E-state index contributed by atoms with van der Waals surface area (Å²) in [6.07, 6.45) is 0. The second kappa shape index (κ2) is 6.81. The van der Waals surface area contributed by atoms with Crippen LogP contribution in [0.2, 0.25) is 0 Å². The summed E-state index contributed by atoms with van der Waals surface area (Å²) < 4.78 is 4.75. The van der Waals surface area contributed by atoms with Crippen molar-refractivity contribution >= 4 is 11.7 Å². The van der Waals surface area contributed by atoms with Crippen molar-refractivity contribution in [3.05, 3.63) is 29.8 Å². The Labute approximate surface area is 113 Å². The maximum Gasteiger partial charge on any atom is 0.384 e. The van der Waals surface area contributed by atoms with Gasteiger partial charge in [-0.15, -0.1) is 0 Å². The average Bonchev–Trinajstić information content (AvgIpc) is 2.47. The maximum absolute atomic E-state index is 11.1. The van der Waals surface area contributed by atoms with E-state index in [4.69, 9.17) is 4.74 Å². The number of hydrogen-bond acceptors (Lipinski definition) is 4. The van der Waals surface area contributed by atoms with Crippen molar-refractivity contribution in [2.75, 3.05) is 37.7 Å². The van der Waals surface area contributed by atoms with E-state index in [2.05, 4.69) is 22.1 Å². The van der Waals surface area contributed by atoms with Crippen molar-refractivity contribution in [2.45, 2.75) is 6.92 Å². The molecule has 4 nitrogen and oxygen atoms in total. The first-order chi connectivity index (χ1) is 9.29. The van der Waals surface area contributed by atoms with Gasteiger partial charge < -0.3 is 15.0 Å². The van der Waals surface area contributed by atoms with E-state index in [-0.39, 0.29) is 0 Å². The van der Waals surface area contributed by atoms with Gasteiger partial charge >= 0.3 is 5.97 Å². The molecule has 0 radical (unpaired) electrons. The number of carbonyl (C=O) groups excluding carboxylic acids is 1. The molecule has 1 aliphatic heterocycles. The number of piperazine rings is 1. The molecule has 0 unspecified atom stereocenters. The van der Waals surface area contributed by atoms with Crippen molar-refractivity contribution < 1.29 is 9.53 Å². The highest BCUT2D eigenvalue weighted by Crippen LogP contribution is 2.15. The first kappa shape index (κ1) is 13.4. The van der Waals surface area contributed by atoms with E-state index in [0.717, 1.165) is 31.7 Å². The first-order valence-electron chi connectivity index (χ1n) is 6.54. The molecule has 1 aromatic carbocycles. The fourth-order valence-corrected chi connectivity index (χ4v) is 1.97. The monoisotopic (exact) mass is 258 g/mol. The standard InChI is InChI=1S/C15H18N2O2/c1-2-19-15(18)8-5-13-3-6-14(7-4-13)17-11-9-16-10-12-17/h3-4,6-7,16H,2,9-12H2,1H3. The highest BCUT2D eigenvalue weighted by atomic mass is 16.5. The Morgan fingerprint density at radius 2 is 2.00 bits per heavy atom. The highest BCUT2D eigenvalue weighted by molar-refractivity contribution is 5.89. The van der Waals surface area contributed by atoms with Gasteiger partial charge in [0.1, 0.15) is 0 Å². The molecule has 1 fully saturated rings. The predicted octanol–water partition coefficient (Wildman–Crippen LogP) is 1.01. The van der Waals surface area contributed by atoms with Crippen LogP contribution in [0.1, 0.15) is 12.5 Å². The summed E-state index contributed by atoms with van der Waals surface area (Å²) in [6.45, 7) is 6.20. The van der Waals surface area contributed by atoms with Crippen LogP contribution in [-0.4, -0.2) is 38.8 Å². The molecule has 100 valence electrons. The van der Waals surface area contributed by atoms with E-state index in [9.17, 15) is 4.79 Å². The van der Waals surface area contributed by atoms with E-state index >= 15 is 0 Å². The summed E-state index contributed by atoms with van der Waals surface area (Å²) in [6, 6.07) is 7.95. The molecule has 19 heavy (non-hydrogen) atoms. The fourth-order valence-electron chi connectivity index (χ4n) is 1.97. The summed E-state index contributed by atoms with van der Waals surface area (Å²) >= 11 is 0. The minimum absolute atomic E-state index is 0.357. The molecule has 1 N–H and O–H groups in total. The molecule has 0 aromatic heterocycles. The van der Waals surface area contributed by atoms with Gasteiger partial charge in [0.2, 0.25) is 0 Å². The lowest BCUT2D eigenvalue weighted by Gasteiger charge is -2.29. The normalized spacial score (nSPS) is 14.5. The van der Waals surface area contributed by atoms with Crippen LogP contribution in [0.3, 0.4) is 0 Å². The first-order valence-corrected chi connectivity index (χ1v) is 6.54. The van der Waals surface area contributed by atoms with Crippen LogP contribution < -0.4 is 10.2 Å². The van der Waals surface area contributed by atoms with Crippen molar-refractivity contribution in [3.8, 4) is 11.8 Å². The molecule has 1 saturated heterocycles. The summed E-state index contributed by atoms with van der Waals surface area (Å²) in [5.74, 6) is 4.79. The highest BCUT2D eigenvalue weighted by Gasteiger charge is 2.09. The molecule has 0 aliphatic carbocycles. The fraction of sp³-hybridized carbons (Fsp3) is 0.400. The van der Waals surface area contributed by atoms with E-state index in [1.807, 2.05) is 24.3 Å². The smallest absolute Gasteiger partial charge is 0.384 e. The molecule has 1 aliphatic rings. The number of nitrogens with zero attached hydrogens (tertiary/aromatic N) is 1. The Morgan fingerprint density at radius 1 is 1.32 bits per heavy atom. The second-order valence-electron chi connectivity index (χ2n) is 4.25. The Morgan fingerprint density at radius 3 is 2.63 bits per heavy atom. The number of hydrogen-bond donors (Lipinski definition) is 1. The molecule has 4 heteroatoms. The van der Waals surface area contributed by atoms with Crippen LogP contribution in [0.4, 0.5) is 5.69 Å². The Balaban J connectivity index is 1.99. The number of anilines is 1. The van der Waals surface area contributed by atoms with Crippen LogP contribution in [0, 0.1) is 11.8 Å². The van der Waals surface area contributed by atoms with E-state index in [0.29, 0.717) is 6.61 Å². The zero-order chi connectivity index (χ0) is 13.5. The second-order valence-corrected chi connectivity index (χ2v) is 4.25. The molecule has 0 atom stereocenters. The minimum atomic E-state index is -0.478. The topological polar surface area (TPSA) is 41.6 Å². The van der Waals surface area contributed by atoms with Crippen LogP contribution in [-0.2, 0) is 9.53 Å². The molecule has 2 rings (SSSR count). The molecule has 1 aromatic rings. The van der Waals surface area contributed by atoms with Crippen LogP contribution in [0.15, 0.2) is 24.3 Å². The van der Waals surface area contributed by atoms with Gasteiger partial charge in [-0.25, -0.2) is 4.79 Å². The van der Waals surface area contributed by atoms with E-state index < -0.39 is 5.97 Å². The molecular weight excluding hydrogens is 240 g/mol. The molecule has 0 bridgehead atoms. The van der Waals surface area contributed by atoms with Crippen molar-refractivity contribution in [2.24, 2.45) is 0 Å².